The van der Waals surface area contributed by atoms with Crippen molar-refractivity contribution < 1.29 is 9.13 Å². The third-order valence-electron chi connectivity index (χ3n) is 2.67. The Kier molecular flexibility index (Phi) is 3.34. The van der Waals surface area contributed by atoms with Gasteiger partial charge in [-0.05, 0) is 24.5 Å². The van der Waals surface area contributed by atoms with Crippen LogP contribution in [0.25, 0.3) is 0 Å². The van der Waals surface area contributed by atoms with Crippen LogP contribution in [0.3, 0.4) is 0 Å². The maximum atomic E-state index is 12.3. The zero-order chi connectivity index (χ0) is 10.7. The van der Waals surface area contributed by atoms with Gasteiger partial charge in [0.25, 0.3) is 0 Å². The summed E-state index contributed by atoms with van der Waals surface area (Å²) in [6.45, 7) is 2.98. The van der Waals surface area contributed by atoms with Crippen LogP contribution in [0.5, 0.6) is 0 Å². The van der Waals surface area contributed by atoms with Gasteiger partial charge in [0, 0.05) is 6.54 Å². The number of alkyl halides is 1. The second-order valence-corrected chi connectivity index (χ2v) is 3.93. The van der Waals surface area contributed by atoms with E-state index < -0.39 is 6.30 Å². The number of nitrogens with one attached hydrogen (secondary N) is 1. The molecule has 2 atom stereocenters. The Labute approximate surface area is 89.5 Å². The molecule has 1 fully saturated rings. The number of rotatable bonds is 0. The first-order valence-corrected chi connectivity index (χ1v) is 5.32. The van der Waals surface area contributed by atoms with E-state index in [1.807, 2.05) is 0 Å². The topological polar surface area (TPSA) is 21.3 Å². The molecule has 82 valence electrons. The highest BCUT2D eigenvalue weighted by Gasteiger charge is 2.19. The van der Waals surface area contributed by atoms with E-state index in [0.29, 0.717) is 13.2 Å². The largest absolute Gasteiger partial charge is 0.373 e. The highest BCUT2D eigenvalue weighted by atomic mass is 19.1. The molecule has 2 bridgehead atoms. The molecule has 1 aliphatic heterocycles. The van der Waals surface area contributed by atoms with Crippen molar-refractivity contribution in [3.63, 3.8) is 0 Å². The normalized spacial score (nSPS) is 31.9. The van der Waals surface area contributed by atoms with Gasteiger partial charge in [0.2, 0.25) is 0 Å². The van der Waals surface area contributed by atoms with E-state index >= 15 is 0 Å². The van der Waals surface area contributed by atoms with Crippen molar-refractivity contribution in [1.29, 1.82) is 0 Å². The quantitative estimate of drug-likeness (QED) is 0.617. The van der Waals surface area contributed by atoms with E-state index in [4.69, 9.17) is 4.74 Å². The molecular weight excluding hydrogens is 193 g/mol. The minimum atomic E-state index is -0.969. The van der Waals surface area contributed by atoms with Crippen molar-refractivity contribution in [3.8, 4) is 0 Å². The molecular formula is C12H16FNO. The van der Waals surface area contributed by atoms with Crippen LogP contribution in [0, 0.1) is 0 Å². The van der Waals surface area contributed by atoms with Gasteiger partial charge in [-0.2, -0.15) is 0 Å². The Balaban J connectivity index is 0.000000114. The number of hydrogen-bond donors (Lipinski definition) is 1. The molecule has 0 amide bonds. The zero-order valence-electron chi connectivity index (χ0n) is 8.87. The Morgan fingerprint density at radius 1 is 1.33 bits per heavy atom. The van der Waals surface area contributed by atoms with Crippen molar-refractivity contribution in [2.24, 2.45) is 0 Å². The second-order valence-electron chi connectivity index (χ2n) is 3.93. The average Bonchev–Trinajstić information content (AvgIpc) is 2.87. The molecule has 1 saturated heterocycles. The van der Waals surface area contributed by atoms with Gasteiger partial charge in [-0.15, -0.1) is 0 Å². The first-order valence-electron chi connectivity index (χ1n) is 5.32. The lowest BCUT2D eigenvalue weighted by Crippen LogP contribution is -2.43. The maximum Gasteiger partial charge on any atom is 0.177 e. The van der Waals surface area contributed by atoms with Crippen LogP contribution >= 0.6 is 0 Å². The predicted octanol–water partition coefficient (Wildman–Crippen LogP) is 2.10. The molecule has 2 nitrogen and oxygen atoms in total. The Morgan fingerprint density at radius 3 is 2.27 bits per heavy atom. The fraction of sp³-hybridized carbons (Fsp3) is 0.500. The molecule has 3 aliphatic rings. The van der Waals surface area contributed by atoms with Gasteiger partial charge in [-0.25, -0.2) is 4.39 Å². The van der Waals surface area contributed by atoms with Crippen molar-refractivity contribution in [1.82, 2.24) is 5.32 Å². The standard InChI is InChI=1S/C7H6.C5H10FNO/c1-2-7-4-3-6(1)5-7;1-4-5(6)7-2-3-8-4/h1-4H,5H2;4-5,7H,2-3H2,1H3/t;4?,5-/m.0/s1. The molecule has 1 heterocycles. The number of hydrogen-bond acceptors (Lipinski definition) is 2. The first kappa shape index (κ1) is 10.6. The molecule has 0 spiro atoms. The average molecular weight is 209 g/mol. The lowest BCUT2D eigenvalue weighted by atomic mass is 10.3. The van der Waals surface area contributed by atoms with E-state index in [2.05, 4.69) is 29.6 Å². The van der Waals surface area contributed by atoms with E-state index in [0.717, 1.165) is 0 Å². The van der Waals surface area contributed by atoms with Gasteiger partial charge in [-0.3, -0.25) is 5.32 Å². The van der Waals surface area contributed by atoms with Crippen molar-refractivity contribution in [3.05, 3.63) is 35.5 Å². The predicted molar refractivity (Wildman–Crippen MR) is 58.2 cm³/mol. The summed E-state index contributed by atoms with van der Waals surface area (Å²) in [6.07, 6.45) is 8.66. The fourth-order valence-corrected chi connectivity index (χ4v) is 1.70. The smallest absolute Gasteiger partial charge is 0.177 e. The van der Waals surface area contributed by atoms with Crippen molar-refractivity contribution in [2.45, 2.75) is 25.7 Å². The monoisotopic (exact) mass is 209 g/mol. The second kappa shape index (κ2) is 4.73. The molecule has 15 heavy (non-hydrogen) atoms. The highest BCUT2D eigenvalue weighted by molar-refractivity contribution is 5.49. The number of allylic oxidation sites excluding steroid dienone is 6. The summed E-state index contributed by atoms with van der Waals surface area (Å²) in [6, 6.07) is 0. The van der Waals surface area contributed by atoms with Crippen LogP contribution in [0.15, 0.2) is 35.5 Å². The molecule has 0 aromatic carbocycles. The number of halogens is 1. The molecule has 3 heteroatoms. The fourth-order valence-electron chi connectivity index (χ4n) is 1.70. The third-order valence-corrected chi connectivity index (χ3v) is 2.67. The lowest BCUT2D eigenvalue weighted by molar-refractivity contribution is -0.0354. The summed E-state index contributed by atoms with van der Waals surface area (Å²) in [5.41, 5.74) is 2.94. The molecule has 0 aromatic rings. The van der Waals surface area contributed by atoms with Crippen LogP contribution in [0.4, 0.5) is 4.39 Å². The lowest BCUT2D eigenvalue weighted by Gasteiger charge is -2.23. The van der Waals surface area contributed by atoms with E-state index in [1.165, 1.54) is 17.6 Å². The van der Waals surface area contributed by atoms with Crippen LogP contribution in [-0.2, 0) is 4.74 Å². The summed E-state index contributed by atoms with van der Waals surface area (Å²) < 4.78 is 17.3. The van der Waals surface area contributed by atoms with Crippen LogP contribution < -0.4 is 5.32 Å². The minimum Gasteiger partial charge on any atom is -0.373 e. The SMILES string of the molecule is C1=CC2=CC=C1C2.CC1OCCN[C@@H]1F. The molecule has 0 aromatic heterocycles. The van der Waals surface area contributed by atoms with Crippen LogP contribution in [0.2, 0.25) is 0 Å². The summed E-state index contributed by atoms with van der Waals surface area (Å²) in [5.74, 6) is 0. The summed E-state index contributed by atoms with van der Waals surface area (Å²) >= 11 is 0. The van der Waals surface area contributed by atoms with E-state index in [1.54, 1.807) is 6.92 Å². The van der Waals surface area contributed by atoms with E-state index in [-0.39, 0.29) is 6.10 Å². The summed E-state index contributed by atoms with van der Waals surface area (Å²) in [4.78, 5) is 0. The molecule has 3 rings (SSSR count). The van der Waals surface area contributed by atoms with E-state index in [9.17, 15) is 4.39 Å². The summed E-state index contributed by atoms with van der Waals surface area (Å²) in [7, 11) is 0. The van der Waals surface area contributed by atoms with Gasteiger partial charge in [-0.1, -0.05) is 24.3 Å². The number of fused-ring (bicyclic) bond motifs is 2. The highest BCUT2D eigenvalue weighted by Crippen LogP contribution is 2.27. The van der Waals surface area contributed by atoms with Crippen LogP contribution in [0.1, 0.15) is 13.3 Å². The Hall–Kier alpha value is -0.930. The Bertz CT molecular complexity index is 290. The number of ether oxygens (including phenoxy) is 1. The van der Waals surface area contributed by atoms with Gasteiger partial charge in [0.05, 0.1) is 12.7 Å². The van der Waals surface area contributed by atoms with Gasteiger partial charge in [0.1, 0.15) is 0 Å². The molecule has 1 unspecified atom stereocenters. The van der Waals surface area contributed by atoms with Crippen molar-refractivity contribution >= 4 is 0 Å². The van der Waals surface area contributed by atoms with Crippen LogP contribution in [-0.4, -0.2) is 25.6 Å². The Morgan fingerprint density at radius 2 is 2.00 bits per heavy atom. The van der Waals surface area contributed by atoms with Gasteiger partial charge >= 0.3 is 0 Å². The number of morpholine rings is 1. The molecule has 2 aliphatic carbocycles. The molecule has 1 N–H and O–H groups in total. The first-order chi connectivity index (χ1) is 7.25. The molecule has 0 saturated carbocycles. The van der Waals surface area contributed by atoms with Gasteiger partial charge < -0.3 is 4.74 Å². The molecule has 0 radical (unpaired) electrons. The maximum absolute atomic E-state index is 12.3. The van der Waals surface area contributed by atoms with Gasteiger partial charge in [0.15, 0.2) is 6.30 Å². The summed E-state index contributed by atoms with van der Waals surface area (Å²) in [5, 5.41) is 2.64. The van der Waals surface area contributed by atoms with Crippen molar-refractivity contribution in [2.75, 3.05) is 13.2 Å². The zero-order valence-corrected chi connectivity index (χ0v) is 8.87. The third kappa shape index (κ3) is 2.76. The minimum absolute atomic E-state index is 0.274.